The van der Waals surface area contributed by atoms with Gasteiger partial charge >= 0.3 is 5.97 Å². The third-order valence-corrected chi connectivity index (χ3v) is 3.98. The first kappa shape index (κ1) is 13.6. The highest BCUT2D eigenvalue weighted by atomic mass is 16.5. The molecular weight excluding hydrogens is 224 g/mol. The van der Waals surface area contributed by atoms with Gasteiger partial charge in [-0.05, 0) is 50.9 Å². The van der Waals surface area contributed by atoms with Crippen molar-refractivity contribution in [2.24, 2.45) is 11.8 Å². The molecule has 1 fully saturated rings. The molecule has 0 saturated heterocycles. The number of rotatable bonds is 8. The van der Waals surface area contributed by atoms with Crippen LogP contribution in [0, 0.1) is 11.8 Å². The van der Waals surface area contributed by atoms with Gasteiger partial charge in [0, 0.05) is 0 Å². The van der Waals surface area contributed by atoms with Crippen LogP contribution in [0.1, 0.15) is 64.2 Å². The summed E-state index contributed by atoms with van der Waals surface area (Å²) in [6, 6.07) is 0. The Morgan fingerprint density at radius 1 is 1.11 bits per heavy atom. The molecular formula is C16H26O2. The minimum Gasteiger partial charge on any atom is -0.465 e. The second-order valence-electron chi connectivity index (χ2n) is 5.76. The summed E-state index contributed by atoms with van der Waals surface area (Å²) >= 11 is 0. The molecule has 2 rings (SSSR count). The standard InChI is InChI=1S/C16H26O2/c17-16(15-11-12-15)18-13-7-2-1-4-8-14-9-5-3-6-10-14/h5,9,14-15H,1-4,6-8,10-13H2. The van der Waals surface area contributed by atoms with Gasteiger partial charge in [-0.3, -0.25) is 4.79 Å². The second kappa shape index (κ2) is 7.60. The van der Waals surface area contributed by atoms with Gasteiger partial charge in [0.1, 0.15) is 0 Å². The number of hydrogen-bond acceptors (Lipinski definition) is 2. The summed E-state index contributed by atoms with van der Waals surface area (Å²) in [5, 5.41) is 0. The van der Waals surface area contributed by atoms with Gasteiger partial charge < -0.3 is 4.74 Å². The van der Waals surface area contributed by atoms with E-state index in [4.69, 9.17) is 4.74 Å². The fourth-order valence-corrected chi connectivity index (χ4v) is 2.60. The summed E-state index contributed by atoms with van der Waals surface area (Å²) in [6.07, 6.45) is 17.1. The minimum atomic E-state index is 0.0438. The van der Waals surface area contributed by atoms with E-state index < -0.39 is 0 Å². The zero-order valence-corrected chi connectivity index (χ0v) is 11.4. The van der Waals surface area contributed by atoms with E-state index in [0.717, 1.165) is 25.2 Å². The third-order valence-electron chi connectivity index (χ3n) is 3.98. The number of carbonyl (C=O) groups is 1. The Hall–Kier alpha value is -0.790. The van der Waals surface area contributed by atoms with Crippen LogP contribution >= 0.6 is 0 Å². The third kappa shape index (κ3) is 5.24. The summed E-state index contributed by atoms with van der Waals surface area (Å²) in [7, 11) is 0. The number of ether oxygens (including phenoxy) is 1. The summed E-state index contributed by atoms with van der Waals surface area (Å²) < 4.78 is 5.21. The van der Waals surface area contributed by atoms with Crippen LogP contribution in [0.2, 0.25) is 0 Å². The van der Waals surface area contributed by atoms with Gasteiger partial charge in [0.15, 0.2) is 0 Å². The normalized spacial score (nSPS) is 23.0. The first-order chi connectivity index (χ1) is 8.86. The molecule has 1 unspecified atom stereocenters. The van der Waals surface area contributed by atoms with Crippen LogP contribution in [0.4, 0.5) is 0 Å². The zero-order valence-electron chi connectivity index (χ0n) is 11.4. The van der Waals surface area contributed by atoms with Crippen molar-refractivity contribution in [3.8, 4) is 0 Å². The highest BCUT2D eigenvalue weighted by molar-refractivity contribution is 5.74. The van der Waals surface area contributed by atoms with Crippen LogP contribution in [-0.2, 0) is 9.53 Å². The van der Waals surface area contributed by atoms with E-state index in [1.54, 1.807) is 0 Å². The molecule has 0 heterocycles. The topological polar surface area (TPSA) is 26.3 Å². The van der Waals surface area contributed by atoms with Crippen molar-refractivity contribution in [1.82, 2.24) is 0 Å². The molecule has 0 spiro atoms. The molecule has 2 heteroatoms. The average Bonchev–Trinajstić information content (AvgIpc) is 3.23. The van der Waals surface area contributed by atoms with Crippen LogP contribution < -0.4 is 0 Å². The summed E-state index contributed by atoms with van der Waals surface area (Å²) in [4.78, 5) is 11.3. The van der Waals surface area contributed by atoms with Crippen molar-refractivity contribution in [3.05, 3.63) is 12.2 Å². The van der Waals surface area contributed by atoms with Crippen molar-refractivity contribution in [2.75, 3.05) is 6.61 Å². The van der Waals surface area contributed by atoms with Crippen molar-refractivity contribution in [2.45, 2.75) is 64.2 Å². The van der Waals surface area contributed by atoms with E-state index >= 15 is 0 Å². The summed E-state index contributed by atoms with van der Waals surface area (Å²) in [5.74, 6) is 1.14. The fraction of sp³-hybridized carbons (Fsp3) is 0.812. The molecule has 0 amide bonds. The van der Waals surface area contributed by atoms with E-state index in [0.29, 0.717) is 6.61 Å². The lowest BCUT2D eigenvalue weighted by Gasteiger charge is -2.15. The Morgan fingerprint density at radius 3 is 2.67 bits per heavy atom. The summed E-state index contributed by atoms with van der Waals surface area (Å²) in [6.45, 7) is 0.638. The van der Waals surface area contributed by atoms with Gasteiger partial charge in [-0.2, -0.15) is 0 Å². The molecule has 0 aromatic heterocycles. The first-order valence-electron chi connectivity index (χ1n) is 7.69. The average molecular weight is 250 g/mol. The quantitative estimate of drug-likeness (QED) is 0.366. The Morgan fingerprint density at radius 2 is 1.94 bits per heavy atom. The maximum Gasteiger partial charge on any atom is 0.308 e. The predicted molar refractivity (Wildman–Crippen MR) is 73.2 cm³/mol. The van der Waals surface area contributed by atoms with Gasteiger partial charge in [-0.15, -0.1) is 0 Å². The van der Waals surface area contributed by atoms with Gasteiger partial charge in [0.2, 0.25) is 0 Å². The van der Waals surface area contributed by atoms with Crippen molar-refractivity contribution in [3.63, 3.8) is 0 Å². The highest BCUT2D eigenvalue weighted by Crippen LogP contribution is 2.30. The molecule has 0 aliphatic heterocycles. The molecule has 2 aliphatic rings. The molecule has 2 nitrogen and oxygen atoms in total. The molecule has 102 valence electrons. The lowest BCUT2D eigenvalue weighted by molar-refractivity contribution is -0.145. The van der Waals surface area contributed by atoms with Crippen molar-refractivity contribution < 1.29 is 9.53 Å². The van der Waals surface area contributed by atoms with Crippen LogP contribution in [0.25, 0.3) is 0 Å². The predicted octanol–water partition coefficient (Wildman–Crippen LogP) is 4.25. The van der Waals surface area contributed by atoms with Gasteiger partial charge in [-0.25, -0.2) is 0 Å². The second-order valence-corrected chi connectivity index (χ2v) is 5.76. The van der Waals surface area contributed by atoms with Gasteiger partial charge in [0.25, 0.3) is 0 Å². The van der Waals surface area contributed by atoms with E-state index in [1.165, 1.54) is 44.9 Å². The number of hydrogen-bond donors (Lipinski definition) is 0. The van der Waals surface area contributed by atoms with E-state index in [-0.39, 0.29) is 11.9 Å². The summed E-state index contributed by atoms with van der Waals surface area (Å²) in [5.41, 5.74) is 0. The molecule has 0 N–H and O–H groups in total. The molecule has 0 radical (unpaired) electrons. The zero-order chi connectivity index (χ0) is 12.6. The fourth-order valence-electron chi connectivity index (χ4n) is 2.60. The van der Waals surface area contributed by atoms with Crippen LogP contribution in [0.15, 0.2) is 12.2 Å². The van der Waals surface area contributed by atoms with Crippen LogP contribution in [-0.4, -0.2) is 12.6 Å². The molecule has 0 aromatic carbocycles. The Balaban J connectivity index is 1.38. The van der Waals surface area contributed by atoms with Crippen molar-refractivity contribution >= 4 is 5.97 Å². The monoisotopic (exact) mass is 250 g/mol. The molecule has 18 heavy (non-hydrogen) atoms. The van der Waals surface area contributed by atoms with Crippen LogP contribution in [0.3, 0.4) is 0 Å². The molecule has 0 aromatic rings. The highest BCUT2D eigenvalue weighted by Gasteiger charge is 2.30. The number of esters is 1. The van der Waals surface area contributed by atoms with Crippen molar-refractivity contribution in [1.29, 1.82) is 0 Å². The molecule has 1 saturated carbocycles. The van der Waals surface area contributed by atoms with E-state index in [2.05, 4.69) is 12.2 Å². The lowest BCUT2D eigenvalue weighted by atomic mass is 9.91. The Kier molecular flexibility index (Phi) is 5.76. The molecule has 2 aliphatic carbocycles. The lowest BCUT2D eigenvalue weighted by Crippen LogP contribution is -2.07. The Labute approximate surface area is 111 Å². The van der Waals surface area contributed by atoms with Gasteiger partial charge in [0.05, 0.1) is 12.5 Å². The maximum atomic E-state index is 11.3. The number of allylic oxidation sites excluding steroid dienone is 2. The Bertz CT molecular complexity index is 279. The first-order valence-corrected chi connectivity index (χ1v) is 7.69. The number of unbranched alkanes of at least 4 members (excludes halogenated alkanes) is 3. The van der Waals surface area contributed by atoms with Crippen LogP contribution in [0.5, 0.6) is 0 Å². The molecule has 1 atom stereocenters. The SMILES string of the molecule is O=C(OCCCCCCC1C=CCCC1)C1CC1. The minimum absolute atomic E-state index is 0.0438. The van der Waals surface area contributed by atoms with E-state index in [1.807, 2.05) is 0 Å². The van der Waals surface area contributed by atoms with E-state index in [9.17, 15) is 4.79 Å². The molecule has 0 bridgehead atoms. The van der Waals surface area contributed by atoms with Gasteiger partial charge in [-0.1, -0.05) is 31.4 Å². The number of carbonyl (C=O) groups excluding carboxylic acids is 1. The smallest absolute Gasteiger partial charge is 0.308 e. The largest absolute Gasteiger partial charge is 0.465 e. The maximum absolute atomic E-state index is 11.3.